The molecule has 96 valence electrons. The zero-order valence-corrected chi connectivity index (χ0v) is 12.2. The summed E-state index contributed by atoms with van der Waals surface area (Å²) in [7, 11) is 0. The Morgan fingerprint density at radius 2 is 2.16 bits per heavy atom. The number of benzene rings is 1. The third-order valence-electron chi connectivity index (χ3n) is 3.10. The van der Waals surface area contributed by atoms with E-state index in [4.69, 9.17) is 0 Å². The summed E-state index contributed by atoms with van der Waals surface area (Å²) in [6.07, 6.45) is 3.87. The molecule has 1 N–H and O–H groups in total. The minimum absolute atomic E-state index is 0.759. The van der Waals surface area contributed by atoms with Crippen molar-refractivity contribution in [2.24, 2.45) is 0 Å². The van der Waals surface area contributed by atoms with Gasteiger partial charge in [-0.05, 0) is 52.7 Å². The molecule has 3 rings (SSSR count). The number of hydrogen-bond donors (Lipinski definition) is 1. The Balaban J connectivity index is 1.84. The van der Waals surface area contributed by atoms with Gasteiger partial charge in [0.25, 0.3) is 0 Å². The van der Waals surface area contributed by atoms with Crippen LogP contribution in [0.2, 0.25) is 0 Å². The van der Waals surface area contributed by atoms with Crippen molar-refractivity contribution in [3.63, 3.8) is 0 Å². The maximum atomic E-state index is 4.34. The van der Waals surface area contributed by atoms with Gasteiger partial charge in [-0.25, -0.2) is 4.52 Å². The van der Waals surface area contributed by atoms with Gasteiger partial charge in [0.05, 0.1) is 11.7 Å². The first-order valence-corrected chi connectivity index (χ1v) is 6.94. The zero-order valence-electron chi connectivity index (χ0n) is 10.6. The van der Waals surface area contributed by atoms with Crippen LogP contribution in [-0.2, 0) is 6.54 Å². The van der Waals surface area contributed by atoms with Crippen LogP contribution in [0.15, 0.2) is 53.3 Å². The second kappa shape index (κ2) is 5.05. The average molecular weight is 316 g/mol. The smallest absolute Gasteiger partial charge is 0.0711 e. The van der Waals surface area contributed by atoms with E-state index in [2.05, 4.69) is 57.5 Å². The molecule has 0 amide bonds. The van der Waals surface area contributed by atoms with Gasteiger partial charge in [0.1, 0.15) is 0 Å². The molecule has 0 bridgehead atoms. The Bertz CT molecular complexity index is 718. The molecule has 3 aromatic rings. The van der Waals surface area contributed by atoms with Crippen LogP contribution in [-0.4, -0.2) is 9.61 Å². The zero-order chi connectivity index (χ0) is 13.2. The van der Waals surface area contributed by atoms with E-state index in [1.165, 1.54) is 11.1 Å². The van der Waals surface area contributed by atoms with E-state index in [1.807, 2.05) is 29.0 Å². The second-order valence-corrected chi connectivity index (χ2v) is 5.39. The first-order chi connectivity index (χ1) is 9.24. The average Bonchev–Trinajstić information content (AvgIpc) is 2.83. The molecule has 0 aliphatic rings. The Hall–Kier alpha value is -1.81. The molecule has 2 heterocycles. The van der Waals surface area contributed by atoms with Gasteiger partial charge in [-0.3, -0.25) is 0 Å². The normalized spacial score (nSPS) is 10.8. The molecule has 3 nitrogen and oxygen atoms in total. The number of hydrogen-bond acceptors (Lipinski definition) is 2. The summed E-state index contributed by atoms with van der Waals surface area (Å²) in [5, 5.41) is 7.78. The molecule has 0 spiro atoms. The lowest BCUT2D eigenvalue weighted by Gasteiger charge is -2.08. The summed E-state index contributed by atoms with van der Waals surface area (Å²) in [6, 6.07) is 12.4. The number of halogens is 1. The van der Waals surface area contributed by atoms with Gasteiger partial charge in [-0.1, -0.05) is 12.1 Å². The fourth-order valence-electron chi connectivity index (χ4n) is 2.09. The maximum Gasteiger partial charge on any atom is 0.0711 e. The third kappa shape index (κ3) is 2.49. The molecule has 2 aromatic heterocycles. The summed E-state index contributed by atoms with van der Waals surface area (Å²) >= 11 is 3.56. The molecular weight excluding hydrogens is 302 g/mol. The van der Waals surface area contributed by atoms with E-state index in [0.717, 1.165) is 22.2 Å². The van der Waals surface area contributed by atoms with Crippen LogP contribution in [0, 0.1) is 6.92 Å². The number of nitrogens with zero attached hydrogens (tertiary/aromatic N) is 2. The lowest BCUT2D eigenvalue weighted by molar-refractivity contribution is 0.961. The second-order valence-electron chi connectivity index (χ2n) is 4.54. The predicted molar refractivity (Wildman–Crippen MR) is 81.4 cm³/mol. The molecule has 0 aliphatic carbocycles. The van der Waals surface area contributed by atoms with Crippen molar-refractivity contribution < 1.29 is 0 Å². The van der Waals surface area contributed by atoms with Crippen LogP contribution in [0.5, 0.6) is 0 Å². The first-order valence-electron chi connectivity index (χ1n) is 6.15. The van der Waals surface area contributed by atoms with Crippen LogP contribution < -0.4 is 5.32 Å². The molecule has 0 atom stereocenters. The highest BCUT2D eigenvalue weighted by atomic mass is 79.9. The topological polar surface area (TPSA) is 29.3 Å². The highest BCUT2D eigenvalue weighted by Gasteiger charge is 2.04. The number of aromatic nitrogens is 2. The Morgan fingerprint density at radius 3 is 3.05 bits per heavy atom. The van der Waals surface area contributed by atoms with Gasteiger partial charge in [0, 0.05) is 28.5 Å². The van der Waals surface area contributed by atoms with Crippen LogP contribution in [0.4, 0.5) is 5.69 Å². The molecule has 0 saturated carbocycles. The number of anilines is 1. The molecule has 0 unspecified atom stereocenters. The number of rotatable bonds is 3. The minimum atomic E-state index is 0.759. The lowest BCUT2D eigenvalue weighted by Crippen LogP contribution is -2.00. The SMILES string of the molecule is Cc1ccc(Br)c(NCc2cnn3ccccc23)c1. The fourth-order valence-corrected chi connectivity index (χ4v) is 2.48. The highest BCUT2D eigenvalue weighted by Crippen LogP contribution is 2.24. The van der Waals surface area contributed by atoms with Gasteiger partial charge < -0.3 is 5.32 Å². The summed E-state index contributed by atoms with van der Waals surface area (Å²) in [5.74, 6) is 0. The first kappa shape index (κ1) is 12.2. The predicted octanol–water partition coefficient (Wildman–Crippen LogP) is 4.02. The maximum absolute atomic E-state index is 4.34. The van der Waals surface area contributed by atoms with Crippen LogP contribution in [0.1, 0.15) is 11.1 Å². The third-order valence-corrected chi connectivity index (χ3v) is 3.79. The molecule has 19 heavy (non-hydrogen) atoms. The largest absolute Gasteiger partial charge is 0.380 e. The number of pyridine rings is 1. The van der Waals surface area contributed by atoms with Crippen molar-refractivity contribution >= 4 is 27.1 Å². The minimum Gasteiger partial charge on any atom is -0.380 e. The van der Waals surface area contributed by atoms with Crippen molar-refractivity contribution in [1.29, 1.82) is 0 Å². The molecule has 4 heteroatoms. The summed E-state index contributed by atoms with van der Waals surface area (Å²) in [4.78, 5) is 0. The van der Waals surface area contributed by atoms with Crippen molar-refractivity contribution in [3.05, 3.63) is 64.4 Å². The standard InChI is InChI=1S/C15H14BrN3/c1-11-5-6-13(16)14(8-11)17-9-12-10-18-19-7-3-2-4-15(12)19/h2-8,10,17H,9H2,1H3. The van der Waals surface area contributed by atoms with Gasteiger partial charge in [-0.2, -0.15) is 5.10 Å². The fraction of sp³-hybridized carbons (Fsp3) is 0.133. The summed E-state index contributed by atoms with van der Waals surface area (Å²) in [6.45, 7) is 2.85. The monoisotopic (exact) mass is 315 g/mol. The van der Waals surface area contributed by atoms with E-state index in [0.29, 0.717) is 0 Å². The van der Waals surface area contributed by atoms with Crippen LogP contribution >= 0.6 is 15.9 Å². The number of nitrogens with one attached hydrogen (secondary N) is 1. The quantitative estimate of drug-likeness (QED) is 0.791. The Labute approximate surface area is 120 Å². The molecule has 0 saturated heterocycles. The molecule has 0 radical (unpaired) electrons. The van der Waals surface area contributed by atoms with Crippen LogP contribution in [0.3, 0.4) is 0 Å². The van der Waals surface area contributed by atoms with Gasteiger partial charge in [-0.15, -0.1) is 0 Å². The Morgan fingerprint density at radius 1 is 1.26 bits per heavy atom. The highest BCUT2D eigenvalue weighted by molar-refractivity contribution is 9.10. The van der Waals surface area contributed by atoms with Crippen molar-refractivity contribution in [1.82, 2.24) is 9.61 Å². The van der Waals surface area contributed by atoms with Crippen LogP contribution in [0.25, 0.3) is 5.52 Å². The van der Waals surface area contributed by atoms with Crippen molar-refractivity contribution in [3.8, 4) is 0 Å². The van der Waals surface area contributed by atoms with Crippen molar-refractivity contribution in [2.45, 2.75) is 13.5 Å². The molecule has 0 fully saturated rings. The van der Waals surface area contributed by atoms with E-state index < -0.39 is 0 Å². The number of aryl methyl sites for hydroxylation is 1. The van der Waals surface area contributed by atoms with E-state index in [-0.39, 0.29) is 0 Å². The van der Waals surface area contributed by atoms with Gasteiger partial charge in [0.2, 0.25) is 0 Å². The van der Waals surface area contributed by atoms with E-state index in [9.17, 15) is 0 Å². The summed E-state index contributed by atoms with van der Waals surface area (Å²) in [5.41, 5.74) is 4.67. The number of fused-ring (bicyclic) bond motifs is 1. The lowest BCUT2D eigenvalue weighted by atomic mass is 10.2. The van der Waals surface area contributed by atoms with Gasteiger partial charge in [0.15, 0.2) is 0 Å². The summed E-state index contributed by atoms with van der Waals surface area (Å²) < 4.78 is 2.97. The van der Waals surface area contributed by atoms with E-state index in [1.54, 1.807) is 0 Å². The molecule has 1 aromatic carbocycles. The van der Waals surface area contributed by atoms with Crippen molar-refractivity contribution in [2.75, 3.05) is 5.32 Å². The van der Waals surface area contributed by atoms with Gasteiger partial charge >= 0.3 is 0 Å². The molecule has 0 aliphatic heterocycles. The van der Waals surface area contributed by atoms with E-state index >= 15 is 0 Å². The molecular formula is C15H14BrN3. The Kier molecular flexibility index (Phi) is 3.25.